The number of nitrogens with two attached hydrogens (primary N) is 1. The molecule has 2 heterocycles. The van der Waals surface area contributed by atoms with Crippen molar-refractivity contribution >= 4 is 35.8 Å². The summed E-state index contributed by atoms with van der Waals surface area (Å²) in [5.41, 5.74) is 10.6. The number of pyridine rings is 1. The summed E-state index contributed by atoms with van der Waals surface area (Å²) < 4.78 is 5.05. The van der Waals surface area contributed by atoms with E-state index in [1.165, 1.54) is 6.08 Å². The summed E-state index contributed by atoms with van der Waals surface area (Å²) in [6.45, 7) is 5.60. The van der Waals surface area contributed by atoms with Gasteiger partial charge in [0.2, 0.25) is 5.91 Å². The van der Waals surface area contributed by atoms with E-state index in [9.17, 15) is 9.59 Å². The molecule has 28 heavy (non-hydrogen) atoms. The number of rotatable bonds is 6. The van der Waals surface area contributed by atoms with E-state index >= 15 is 0 Å². The van der Waals surface area contributed by atoms with E-state index in [2.05, 4.69) is 22.4 Å². The molecule has 1 atom stereocenters. The Bertz CT molecular complexity index is 1000. The van der Waals surface area contributed by atoms with Gasteiger partial charge in [0.15, 0.2) is 0 Å². The van der Waals surface area contributed by atoms with E-state index in [0.29, 0.717) is 16.7 Å². The lowest BCUT2D eigenvalue weighted by Crippen LogP contribution is -2.34. The van der Waals surface area contributed by atoms with Crippen LogP contribution in [0.3, 0.4) is 0 Å². The molecule has 1 unspecified atom stereocenters. The molecule has 1 aromatic heterocycles. The van der Waals surface area contributed by atoms with Gasteiger partial charge in [0.25, 0.3) is 5.91 Å². The molecule has 142 valence electrons. The first kappa shape index (κ1) is 19.5. The average Bonchev–Trinajstić information content (AvgIpc) is 2.68. The number of anilines is 1. The highest BCUT2D eigenvalue weighted by Crippen LogP contribution is 2.21. The van der Waals surface area contributed by atoms with E-state index in [1.807, 2.05) is 31.2 Å². The minimum atomic E-state index is -0.545. The first-order chi connectivity index (χ1) is 13.5. The Morgan fingerprint density at radius 3 is 3.00 bits per heavy atom. The molecule has 1 aliphatic rings. The number of aromatic nitrogens is 1. The molecule has 0 spiro atoms. The zero-order chi connectivity index (χ0) is 20.1. The average molecular weight is 376 g/mol. The molecule has 1 aliphatic heterocycles. The Kier molecular flexibility index (Phi) is 6.03. The maximum Gasteiger partial charge on any atom is 0.346 e. The fourth-order valence-corrected chi connectivity index (χ4v) is 3.07. The first-order valence-electron chi connectivity index (χ1n) is 8.84. The van der Waals surface area contributed by atoms with Gasteiger partial charge in [0.1, 0.15) is 0 Å². The van der Waals surface area contributed by atoms with Gasteiger partial charge >= 0.3 is 7.48 Å². The molecule has 2 aromatic rings. The monoisotopic (exact) mass is 376 g/mol. The van der Waals surface area contributed by atoms with Gasteiger partial charge < -0.3 is 15.8 Å². The molecule has 0 aliphatic carbocycles. The molecule has 2 amide bonds. The number of hydrogen-bond acceptors (Lipinski definition) is 5. The minimum Gasteiger partial charge on any atom is -0.336 e. The summed E-state index contributed by atoms with van der Waals surface area (Å²) in [6.07, 6.45) is 6.71. The molecule has 0 fully saturated rings. The van der Waals surface area contributed by atoms with Gasteiger partial charge in [0.05, 0.1) is 5.92 Å². The third kappa shape index (κ3) is 4.19. The maximum atomic E-state index is 12.8. The number of carbonyl (C=O) groups is 2. The van der Waals surface area contributed by atoms with E-state index in [-0.39, 0.29) is 25.8 Å². The number of nitrogens with one attached hydrogen (secondary N) is 2. The van der Waals surface area contributed by atoms with Crippen LogP contribution in [0.2, 0.25) is 0 Å². The van der Waals surface area contributed by atoms with Crippen LogP contribution in [0.5, 0.6) is 0 Å². The Labute approximate surface area is 163 Å². The summed E-state index contributed by atoms with van der Waals surface area (Å²) in [6, 6.07) is 7.50. The summed E-state index contributed by atoms with van der Waals surface area (Å²) in [7, 11) is 0.196. The molecule has 0 radical (unpaired) electrons. The zero-order valence-electron chi connectivity index (χ0n) is 15.6. The first-order valence-corrected chi connectivity index (χ1v) is 8.84. The molecule has 0 saturated carbocycles. The predicted molar refractivity (Wildman–Crippen MR) is 110 cm³/mol. The molecular formula is C20H21BN4O3. The van der Waals surface area contributed by atoms with Crippen molar-refractivity contribution in [3.05, 3.63) is 72.0 Å². The summed E-state index contributed by atoms with van der Waals surface area (Å²) in [5.74, 6) is -1.12. The van der Waals surface area contributed by atoms with Crippen molar-refractivity contribution in [2.75, 3.05) is 11.9 Å². The van der Waals surface area contributed by atoms with Crippen molar-refractivity contribution in [3.8, 4) is 0 Å². The van der Waals surface area contributed by atoms with Crippen molar-refractivity contribution in [3.63, 3.8) is 0 Å². The standard InChI is InChI=1S/C20H21BN4O3/c1-3-16-18(21-28-25-20(16)27)8-12(2)17(10-22)19(26)24-15-5-4-14-11-23-7-6-13(14)9-15/h3-9,11,17,21H,1,10,22H2,2H3,(H,24,26)(H,25,27)/b12-8+. The highest BCUT2D eigenvalue weighted by Gasteiger charge is 2.23. The van der Waals surface area contributed by atoms with Crippen LogP contribution in [0.4, 0.5) is 5.69 Å². The van der Waals surface area contributed by atoms with Crippen LogP contribution in [-0.2, 0) is 14.3 Å². The summed E-state index contributed by atoms with van der Waals surface area (Å²) in [4.78, 5) is 28.7. The van der Waals surface area contributed by atoms with E-state index in [1.54, 1.807) is 18.5 Å². The summed E-state index contributed by atoms with van der Waals surface area (Å²) >= 11 is 0. The van der Waals surface area contributed by atoms with E-state index < -0.39 is 5.92 Å². The zero-order valence-corrected chi connectivity index (χ0v) is 15.6. The molecular weight excluding hydrogens is 355 g/mol. The number of amides is 2. The second-order valence-corrected chi connectivity index (χ2v) is 6.47. The van der Waals surface area contributed by atoms with Crippen LogP contribution < -0.4 is 16.5 Å². The number of allylic oxidation sites excluding steroid dienone is 2. The number of fused-ring (bicyclic) bond motifs is 1. The molecule has 3 rings (SSSR count). The van der Waals surface area contributed by atoms with Crippen LogP contribution >= 0.6 is 0 Å². The van der Waals surface area contributed by atoms with Crippen molar-refractivity contribution in [2.45, 2.75) is 6.92 Å². The normalized spacial score (nSPS) is 15.6. The van der Waals surface area contributed by atoms with Gasteiger partial charge in [-0.15, -0.1) is 0 Å². The van der Waals surface area contributed by atoms with Gasteiger partial charge in [-0.3, -0.25) is 14.6 Å². The molecule has 7 nitrogen and oxygen atoms in total. The molecule has 0 bridgehead atoms. The number of nitrogens with zero attached hydrogens (tertiary/aromatic N) is 1. The number of carbonyl (C=O) groups excluding carboxylic acids is 2. The summed E-state index contributed by atoms with van der Waals surface area (Å²) in [5, 5.41) is 4.88. The number of hydrogen-bond donors (Lipinski definition) is 3. The Morgan fingerprint density at radius 1 is 1.43 bits per heavy atom. The lowest BCUT2D eigenvalue weighted by Gasteiger charge is -2.19. The highest BCUT2D eigenvalue weighted by atomic mass is 16.6. The van der Waals surface area contributed by atoms with Crippen molar-refractivity contribution in [1.82, 2.24) is 10.5 Å². The van der Waals surface area contributed by atoms with Crippen LogP contribution in [0, 0.1) is 5.92 Å². The van der Waals surface area contributed by atoms with Crippen LogP contribution in [0.15, 0.2) is 72.0 Å². The second-order valence-electron chi connectivity index (χ2n) is 6.47. The lowest BCUT2D eigenvalue weighted by molar-refractivity contribution is -0.124. The fourth-order valence-electron chi connectivity index (χ4n) is 3.07. The van der Waals surface area contributed by atoms with Gasteiger partial charge in [-0.25, -0.2) is 5.48 Å². The smallest absolute Gasteiger partial charge is 0.336 e. The molecule has 8 heteroatoms. The molecule has 1 aromatic carbocycles. The lowest BCUT2D eigenvalue weighted by atomic mass is 9.79. The Hall–Kier alpha value is -3.23. The highest BCUT2D eigenvalue weighted by molar-refractivity contribution is 6.42. The van der Waals surface area contributed by atoms with Crippen LogP contribution in [0.25, 0.3) is 10.8 Å². The molecule has 0 saturated heterocycles. The van der Waals surface area contributed by atoms with Gasteiger partial charge in [-0.05, 0) is 36.0 Å². The second kappa shape index (κ2) is 8.64. The number of hydroxylamine groups is 1. The maximum absolute atomic E-state index is 12.8. The Balaban J connectivity index is 1.82. The van der Waals surface area contributed by atoms with Crippen molar-refractivity contribution in [1.29, 1.82) is 0 Å². The topological polar surface area (TPSA) is 106 Å². The number of benzene rings is 1. The SMILES string of the molecule is C=CC1=C(/C=C(\C)C(CN)C(=O)Nc2ccc3cnccc3c2)BONC1=O. The third-order valence-electron chi connectivity index (χ3n) is 4.60. The van der Waals surface area contributed by atoms with Crippen LogP contribution in [-0.4, -0.2) is 30.8 Å². The van der Waals surface area contributed by atoms with Gasteiger partial charge in [-0.2, -0.15) is 0 Å². The van der Waals surface area contributed by atoms with E-state index in [0.717, 1.165) is 16.3 Å². The third-order valence-corrected chi connectivity index (χ3v) is 4.60. The van der Waals surface area contributed by atoms with E-state index in [4.69, 9.17) is 10.5 Å². The fraction of sp³-hybridized carbons (Fsp3) is 0.150. The van der Waals surface area contributed by atoms with Crippen molar-refractivity contribution < 1.29 is 14.3 Å². The van der Waals surface area contributed by atoms with Crippen molar-refractivity contribution in [2.24, 2.45) is 11.7 Å². The molecule has 4 N–H and O–H groups in total. The van der Waals surface area contributed by atoms with Crippen LogP contribution in [0.1, 0.15) is 6.92 Å². The quantitative estimate of drug-likeness (QED) is 0.664. The van der Waals surface area contributed by atoms with Gasteiger partial charge in [-0.1, -0.05) is 30.4 Å². The largest absolute Gasteiger partial charge is 0.346 e. The Morgan fingerprint density at radius 2 is 2.25 bits per heavy atom. The van der Waals surface area contributed by atoms with Gasteiger partial charge in [0, 0.05) is 35.6 Å². The minimum absolute atomic E-state index is 0.134. The predicted octanol–water partition coefficient (Wildman–Crippen LogP) is 1.55.